The van der Waals surface area contributed by atoms with Crippen molar-refractivity contribution in [2.45, 2.75) is 116 Å². The molecule has 0 spiro atoms. The number of hydrogen-bond donors (Lipinski definition) is 2. The van der Waals surface area contributed by atoms with Crippen molar-refractivity contribution >= 4 is 97.6 Å². The highest BCUT2D eigenvalue weighted by Crippen LogP contribution is 2.40. The van der Waals surface area contributed by atoms with Gasteiger partial charge in [-0.05, 0) is 127 Å². The van der Waals surface area contributed by atoms with E-state index in [2.05, 4.69) is 109 Å². The van der Waals surface area contributed by atoms with Gasteiger partial charge in [0.2, 0.25) is 0 Å². The Bertz CT molecular complexity index is 2790. The molecule has 0 saturated heterocycles. The van der Waals surface area contributed by atoms with Crippen molar-refractivity contribution in [3.8, 4) is 33.0 Å². The molecule has 0 amide bonds. The van der Waals surface area contributed by atoms with Crippen LogP contribution in [0.2, 0.25) is 0 Å². The molecule has 0 saturated carbocycles. The van der Waals surface area contributed by atoms with E-state index in [0.29, 0.717) is 20.9 Å². The predicted molar refractivity (Wildman–Crippen MR) is 301 cm³/mol. The van der Waals surface area contributed by atoms with Crippen molar-refractivity contribution in [2.24, 2.45) is 0 Å². The second kappa shape index (κ2) is 27.3. The first-order valence-electron chi connectivity index (χ1n) is 24.9. The van der Waals surface area contributed by atoms with Crippen LogP contribution in [-0.2, 0) is 6.42 Å². The Morgan fingerprint density at radius 2 is 0.803 bits per heavy atom. The molecule has 11 heteroatoms. The van der Waals surface area contributed by atoms with Gasteiger partial charge in [-0.25, -0.2) is 9.59 Å². The number of unbranched alkanes of at least 4 members (excludes halogenated alkanes) is 15. The Balaban J connectivity index is 1.01. The fourth-order valence-corrected chi connectivity index (χ4v) is 12.2. The van der Waals surface area contributed by atoms with Gasteiger partial charge in [0, 0.05) is 46.3 Å². The van der Waals surface area contributed by atoms with Crippen LogP contribution in [0.25, 0.3) is 44.2 Å². The number of nitriles is 2. The first-order valence-corrected chi connectivity index (χ1v) is 28.2. The van der Waals surface area contributed by atoms with Crippen LogP contribution in [0.1, 0.15) is 154 Å². The van der Waals surface area contributed by atoms with Gasteiger partial charge in [-0.1, -0.05) is 140 Å². The van der Waals surface area contributed by atoms with Crippen LogP contribution in [0.15, 0.2) is 121 Å². The Kier molecular flexibility index (Phi) is 20.2. The molecule has 7 aromatic rings. The monoisotopic (exact) mass is 1020 g/mol. The third-order valence-electron chi connectivity index (χ3n) is 12.6. The normalized spacial score (nSPS) is 11.6. The number of anilines is 3. The van der Waals surface area contributed by atoms with Crippen LogP contribution in [0.4, 0.5) is 17.1 Å². The topological polar surface area (TPSA) is 125 Å². The lowest BCUT2D eigenvalue weighted by molar-refractivity contribution is 0.0691. The Hall–Kier alpha value is -6.34. The summed E-state index contributed by atoms with van der Waals surface area (Å²) in [6.45, 7) is 2.28. The Morgan fingerprint density at radius 3 is 1.15 bits per heavy atom. The third kappa shape index (κ3) is 15.3. The minimum absolute atomic E-state index is 0.201. The largest absolute Gasteiger partial charge is 0.477 e. The summed E-state index contributed by atoms with van der Waals surface area (Å²) in [7, 11) is 0. The summed E-state index contributed by atoms with van der Waals surface area (Å²) in [5.41, 5.74) is 7.38. The summed E-state index contributed by atoms with van der Waals surface area (Å²) >= 11 is 5.35. The number of aryl methyl sites for hydroxylation is 1. The van der Waals surface area contributed by atoms with Gasteiger partial charge in [0.05, 0.1) is 11.1 Å². The lowest BCUT2D eigenvalue weighted by atomic mass is 10.0. The molecule has 0 unspecified atom stereocenters. The molecule has 71 heavy (non-hydrogen) atoms. The van der Waals surface area contributed by atoms with Gasteiger partial charge in [0.1, 0.15) is 21.9 Å². The van der Waals surface area contributed by atoms with Gasteiger partial charge >= 0.3 is 11.9 Å². The van der Waals surface area contributed by atoms with Gasteiger partial charge in [-0.3, -0.25) is 0 Å². The standard InChI is InChI=1S/C60H61N3O4S4/c1-2-3-4-5-6-7-8-9-10-11-12-13-14-15-16-17-18-43-19-25-48(26-20-43)63(49-27-21-44(22-28-49)53-33-31-51(68-53)39-46(41-61)55-35-37-57(70-55)59(64)65)50-29-23-45(24-30-50)54-34-32-52(69-54)40-47(42-62)56-36-38-58(71-56)60(66)67/h19-40H,2-18H2,1H3,(H,64,65)(H,66,67)/b46-39+,47-40+. The highest BCUT2D eigenvalue weighted by atomic mass is 32.1. The van der Waals surface area contributed by atoms with E-state index in [9.17, 15) is 30.3 Å². The predicted octanol–water partition coefficient (Wildman–Crippen LogP) is 19.1. The zero-order valence-electron chi connectivity index (χ0n) is 40.4. The first kappa shape index (κ1) is 52.5. The van der Waals surface area contributed by atoms with Crippen molar-refractivity contribution in [3.63, 3.8) is 0 Å². The number of nitrogens with zero attached hydrogens (tertiary/aromatic N) is 3. The number of allylic oxidation sites excluding steroid dienone is 2. The molecule has 4 heterocycles. The van der Waals surface area contributed by atoms with Crippen LogP contribution in [0.3, 0.4) is 0 Å². The van der Waals surface area contributed by atoms with Crippen LogP contribution in [-0.4, -0.2) is 22.2 Å². The van der Waals surface area contributed by atoms with Crippen LogP contribution >= 0.6 is 45.3 Å². The second-order valence-electron chi connectivity index (χ2n) is 17.8. The van der Waals surface area contributed by atoms with Gasteiger partial charge in [0.25, 0.3) is 0 Å². The zero-order valence-corrected chi connectivity index (χ0v) is 43.7. The van der Waals surface area contributed by atoms with Crippen molar-refractivity contribution in [1.82, 2.24) is 0 Å². The summed E-state index contributed by atoms with van der Waals surface area (Å²) in [5.74, 6) is -2.00. The molecular formula is C60H61N3O4S4. The fourth-order valence-electron chi connectivity index (χ4n) is 8.65. The molecular weight excluding hydrogens is 955 g/mol. The maximum atomic E-state index is 11.4. The summed E-state index contributed by atoms with van der Waals surface area (Å²) in [6, 6.07) is 45.0. The minimum Gasteiger partial charge on any atom is -0.477 e. The number of benzene rings is 3. The quantitative estimate of drug-likeness (QED) is 0.0370. The number of carboxylic acid groups (broad SMARTS) is 2. The van der Waals surface area contributed by atoms with Crippen molar-refractivity contribution < 1.29 is 19.8 Å². The van der Waals surface area contributed by atoms with E-state index in [1.807, 2.05) is 24.3 Å². The van der Waals surface area contributed by atoms with Gasteiger partial charge in [-0.2, -0.15) is 10.5 Å². The maximum Gasteiger partial charge on any atom is 0.345 e. The molecule has 0 atom stereocenters. The molecule has 364 valence electrons. The van der Waals surface area contributed by atoms with E-state index in [1.165, 1.54) is 120 Å². The number of thiophene rings is 4. The van der Waals surface area contributed by atoms with E-state index in [1.54, 1.807) is 34.8 Å². The third-order valence-corrected chi connectivity index (χ3v) is 16.9. The second-order valence-corrected chi connectivity index (χ2v) is 22.2. The van der Waals surface area contributed by atoms with Gasteiger partial charge < -0.3 is 15.1 Å². The number of aromatic carboxylic acids is 2. The Morgan fingerprint density at radius 1 is 0.451 bits per heavy atom. The van der Waals surface area contributed by atoms with Crippen molar-refractivity contribution in [1.29, 1.82) is 10.5 Å². The molecule has 3 aromatic carbocycles. The molecule has 4 aromatic heterocycles. The SMILES string of the molecule is CCCCCCCCCCCCCCCCCCc1ccc(N(c2ccc(-c3ccc(/C=C(\C#N)c4ccc(C(=O)O)s4)s3)cc2)c2ccc(-c3ccc(/C=C(\C#N)c4ccc(C(=O)O)s4)s3)cc2)cc1. The van der Waals surface area contributed by atoms with E-state index in [0.717, 1.165) is 76.8 Å². The fraction of sp³-hybridized carbons (Fsp3) is 0.300. The van der Waals surface area contributed by atoms with Crippen LogP contribution in [0.5, 0.6) is 0 Å². The smallest absolute Gasteiger partial charge is 0.345 e. The number of hydrogen-bond acceptors (Lipinski definition) is 9. The molecule has 0 fully saturated rings. The molecule has 0 aliphatic carbocycles. The maximum absolute atomic E-state index is 11.4. The number of carbonyl (C=O) groups is 2. The lowest BCUT2D eigenvalue weighted by Gasteiger charge is -2.26. The number of rotatable bonds is 28. The summed E-state index contributed by atoms with van der Waals surface area (Å²) in [6.07, 6.45) is 26.5. The molecule has 0 aliphatic heterocycles. The lowest BCUT2D eigenvalue weighted by Crippen LogP contribution is -2.10. The van der Waals surface area contributed by atoms with Crippen molar-refractivity contribution in [2.75, 3.05) is 4.90 Å². The van der Waals surface area contributed by atoms with E-state index in [4.69, 9.17) is 0 Å². The van der Waals surface area contributed by atoms with Gasteiger partial charge in [-0.15, -0.1) is 45.3 Å². The molecule has 7 nitrogen and oxygen atoms in total. The summed E-state index contributed by atoms with van der Waals surface area (Å²) < 4.78 is 0. The highest BCUT2D eigenvalue weighted by molar-refractivity contribution is 7.17. The molecule has 7 rings (SSSR count). The minimum atomic E-state index is -1.00. The molecule has 2 N–H and O–H groups in total. The average Bonchev–Trinajstić information content (AvgIpc) is 4.25. The molecule has 0 aliphatic rings. The zero-order chi connectivity index (χ0) is 49.8. The number of carboxylic acids is 2. The van der Waals surface area contributed by atoms with Gasteiger partial charge in [0.15, 0.2) is 0 Å². The Labute approximate surface area is 435 Å². The average molecular weight is 1020 g/mol. The van der Waals surface area contributed by atoms with Crippen molar-refractivity contribution in [3.05, 3.63) is 156 Å². The van der Waals surface area contributed by atoms with E-state index in [-0.39, 0.29) is 9.75 Å². The summed E-state index contributed by atoms with van der Waals surface area (Å²) in [5, 5.41) is 38.6. The van der Waals surface area contributed by atoms with E-state index < -0.39 is 11.9 Å². The highest BCUT2D eigenvalue weighted by Gasteiger charge is 2.16. The van der Waals surface area contributed by atoms with Crippen LogP contribution < -0.4 is 4.90 Å². The van der Waals surface area contributed by atoms with E-state index >= 15 is 0 Å². The first-order chi connectivity index (χ1) is 34.7. The summed E-state index contributed by atoms with van der Waals surface area (Å²) in [4.78, 5) is 30.7. The molecule has 0 radical (unpaired) electrons. The van der Waals surface area contributed by atoms with Crippen LogP contribution in [0, 0.1) is 22.7 Å². The molecule has 0 bridgehead atoms.